The highest BCUT2D eigenvalue weighted by atomic mass is 16.5. The van der Waals surface area contributed by atoms with Crippen LogP contribution in [0.15, 0.2) is 48.5 Å². The topological polar surface area (TPSA) is 67.9 Å². The summed E-state index contributed by atoms with van der Waals surface area (Å²) in [5.74, 6) is 0.380. The maximum atomic E-state index is 13.8. The van der Waals surface area contributed by atoms with Crippen molar-refractivity contribution in [2.45, 2.75) is 50.1 Å². The van der Waals surface area contributed by atoms with Crippen LogP contribution in [0, 0.1) is 0 Å². The summed E-state index contributed by atoms with van der Waals surface area (Å²) in [5.41, 5.74) is 1.98. The Morgan fingerprint density at radius 2 is 1.78 bits per heavy atom. The number of carbonyl (C=O) groups excluding carboxylic acids is 2. The fourth-order valence-corrected chi connectivity index (χ4v) is 5.39. The number of carbonyl (C=O) groups is 2. The fraction of sp³-hybridized carbons (Fsp3) is 0.462. The van der Waals surface area contributed by atoms with Gasteiger partial charge in [0.25, 0.3) is 5.91 Å². The van der Waals surface area contributed by atoms with Crippen LogP contribution in [0.1, 0.15) is 59.5 Å². The summed E-state index contributed by atoms with van der Waals surface area (Å²) in [6.45, 7) is 1.38. The molecule has 1 saturated carbocycles. The van der Waals surface area contributed by atoms with Gasteiger partial charge in [-0.15, -0.1) is 0 Å². The average molecular weight is 437 g/mol. The van der Waals surface area contributed by atoms with E-state index in [4.69, 9.17) is 9.47 Å². The lowest BCUT2D eigenvalue weighted by Crippen LogP contribution is -2.63. The van der Waals surface area contributed by atoms with Gasteiger partial charge in [-0.2, -0.15) is 0 Å². The molecule has 0 saturated heterocycles. The lowest BCUT2D eigenvalue weighted by molar-refractivity contribution is -0.127. The van der Waals surface area contributed by atoms with E-state index in [1.807, 2.05) is 53.4 Å². The maximum Gasteiger partial charge on any atom is 0.254 e. The average Bonchev–Trinajstić information content (AvgIpc) is 2.83. The number of hydrogen-bond acceptors (Lipinski definition) is 4. The van der Waals surface area contributed by atoms with Crippen molar-refractivity contribution in [1.29, 1.82) is 0 Å². The van der Waals surface area contributed by atoms with Crippen molar-refractivity contribution in [2.75, 3.05) is 27.4 Å². The molecular weight excluding hydrogens is 404 g/mol. The lowest BCUT2D eigenvalue weighted by atomic mass is 9.65. The smallest absolute Gasteiger partial charge is 0.254 e. The van der Waals surface area contributed by atoms with Crippen LogP contribution in [0.2, 0.25) is 0 Å². The number of nitrogens with one attached hydrogen (secondary N) is 1. The summed E-state index contributed by atoms with van der Waals surface area (Å²) in [4.78, 5) is 29.2. The van der Waals surface area contributed by atoms with Gasteiger partial charge in [-0.3, -0.25) is 9.59 Å². The predicted octanol–water partition coefficient (Wildman–Crippen LogP) is 3.90. The number of methoxy groups -OCH3 is 2. The number of ether oxygens (including phenoxy) is 2. The van der Waals surface area contributed by atoms with Crippen molar-refractivity contribution in [3.63, 3.8) is 0 Å². The molecule has 2 amide bonds. The Bertz CT molecular complexity index is 951. The van der Waals surface area contributed by atoms with E-state index in [-0.39, 0.29) is 11.8 Å². The second-order valence-electron chi connectivity index (χ2n) is 8.70. The monoisotopic (exact) mass is 436 g/mol. The summed E-state index contributed by atoms with van der Waals surface area (Å²) in [5, 5.41) is 3.16. The van der Waals surface area contributed by atoms with Crippen LogP contribution in [-0.4, -0.2) is 49.6 Å². The van der Waals surface area contributed by atoms with Gasteiger partial charge in [-0.25, -0.2) is 0 Å². The number of benzene rings is 2. The van der Waals surface area contributed by atoms with Crippen LogP contribution >= 0.6 is 0 Å². The van der Waals surface area contributed by atoms with E-state index in [2.05, 4.69) is 5.32 Å². The first-order chi connectivity index (χ1) is 15.6. The molecule has 0 bridgehead atoms. The van der Waals surface area contributed by atoms with E-state index in [1.54, 1.807) is 14.2 Å². The normalized spacial score (nSPS) is 19.5. The molecule has 0 radical (unpaired) electrons. The van der Waals surface area contributed by atoms with E-state index >= 15 is 0 Å². The van der Waals surface area contributed by atoms with Gasteiger partial charge in [0.15, 0.2) is 0 Å². The van der Waals surface area contributed by atoms with Gasteiger partial charge in [-0.1, -0.05) is 49.6 Å². The van der Waals surface area contributed by atoms with Crippen molar-refractivity contribution >= 4 is 11.8 Å². The van der Waals surface area contributed by atoms with Crippen LogP contribution in [0.5, 0.6) is 5.75 Å². The van der Waals surface area contributed by atoms with Gasteiger partial charge in [0.1, 0.15) is 5.75 Å². The van der Waals surface area contributed by atoms with Crippen molar-refractivity contribution in [2.24, 2.45) is 0 Å². The highest BCUT2D eigenvalue weighted by Gasteiger charge is 2.54. The Hall–Kier alpha value is -2.86. The molecule has 0 aromatic heterocycles. The van der Waals surface area contributed by atoms with Crippen LogP contribution in [-0.2, 0) is 16.1 Å². The number of rotatable bonds is 7. The molecule has 32 heavy (non-hydrogen) atoms. The molecule has 1 aliphatic carbocycles. The quantitative estimate of drug-likeness (QED) is 0.715. The molecule has 1 aliphatic heterocycles. The molecule has 2 aromatic carbocycles. The minimum Gasteiger partial charge on any atom is -0.497 e. The van der Waals surface area contributed by atoms with Crippen molar-refractivity contribution in [1.82, 2.24) is 10.2 Å². The molecule has 2 aromatic rings. The number of nitrogens with zero attached hydrogens (tertiary/aromatic N) is 1. The van der Waals surface area contributed by atoms with E-state index in [9.17, 15) is 9.59 Å². The second kappa shape index (κ2) is 9.74. The highest BCUT2D eigenvalue weighted by Crippen LogP contribution is 2.49. The maximum absolute atomic E-state index is 13.8. The Balaban J connectivity index is 1.67. The lowest BCUT2D eigenvalue weighted by Gasteiger charge is -2.53. The molecule has 4 rings (SSSR count). The second-order valence-corrected chi connectivity index (χ2v) is 8.70. The molecule has 1 spiro atoms. The van der Waals surface area contributed by atoms with Gasteiger partial charge in [0.05, 0.1) is 25.2 Å². The molecule has 2 aliphatic rings. The largest absolute Gasteiger partial charge is 0.497 e. The third kappa shape index (κ3) is 4.11. The van der Waals surface area contributed by atoms with Gasteiger partial charge in [0, 0.05) is 25.8 Å². The molecule has 170 valence electrons. The fourth-order valence-electron chi connectivity index (χ4n) is 5.39. The summed E-state index contributed by atoms with van der Waals surface area (Å²) < 4.78 is 10.6. The van der Waals surface area contributed by atoms with Gasteiger partial charge < -0.3 is 19.7 Å². The van der Waals surface area contributed by atoms with Gasteiger partial charge in [-0.05, 0) is 42.2 Å². The molecule has 0 unspecified atom stereocenters. The minimum atomic E-state index is -0.508. The van der Waals surface area contributed by atoms with E-state index in [1.165, 1.54) is 0 Å². The Kier molecular flexibility index (Phi) is 6.80. The summed E-state index contributed by atoms with van der Waals surface area (Å²) >= 11 is 0. The van der Waals surface area contributed by atoms with Crippen molar-refractivity contribution in [3.05, 3.63) is 65.2 Å². The Labute approximate surface area is 189 Å². The molecule has 6 nitrogen and oxygen atoms in total. The van der Waals surface area contributed by atoms with Gasteiger partial charge in [0.2, 0.25) is 5.91 Å². The first-order valence-corrected chi connectivity index (χ1v) is 11.4. The zero-order valence-electron chi connectivity index (χ0n) is 18.9. The molecule has 1 atom stereocenters. The number of hydrogen-bond donors (Lipinski definition) is 1. The Morgan fingerprint density at radius 1 is 1.06 bits per heavy atom. The SMILES string of the molecule is COCCN1C(=O)c2ccccc2[C@@H](C(=O)NCc2ccc(OC)cc2)C12CCCCC2. The van der Waals surface area contributed by atoms with Crippen LogP contribution in [0.4, 0.5) is 0 Å². The predicted molar refractivity (Wildman–Crippen MR) is 123 cm³/mol. The third-order valence-electron chi connectivity index (χ3n) is 6.95. The zero-order chi connectivity index (χ0) is 22.6. The summed E-state index contributed by atoms with van der Waals surface area (Å²) in [6, 6.07) is 15.3. The van der Waals surface area contributed by atoms with E-state index < -0.39 is 11.5 Å². The number of amides is 2. The van der Waals surface area contributed by atoms with Crippen molar-refractivity contribution in [3.8, 4) is 5.75 Å². The van der Waals surface area contributed by atoms with Crippen LogP contribution < -0.4 is 10.1 Å². The van der Waals surface area contributed by atoms with E-state index in [0.717, 1.165) is 49.0 Å². The van der Waals surface area contributed by atoms with Crippen LogP contribution in [0.25, 0.3) is 0 Å². The first kappa shape index (κ1) is 22.3. The molecule has 1 N–H and O–H groups in total. The van der Waals surface area contributed by atoms with Crippen LogP contribution in [0.3, 0.4) is 0 Å². The summed E-state index contributed by atoms with van der Waals surface area (Å²) in [7, 11) is 3.28. The highest BCUT2D eigenvalue weighted by molar-refractivity contribution is 6.02. The number of fused-ring (bicyclic) bond motifs is 1. The molecule has 1 fully saturated rings. The Morgan fingerprint density at radius 3 is 2.47 bits per heavy atom. The van der Waals surface area contributed by atoms with Crippen molar-refractivity contribution < 1.29 is 19.1 Å². The zero-order valence-corrected chi connectivity index (χ0v) is 18.9. The first-order valence-electron chi connectivity index (χ1n) is 11.4. The molecule has 6 heteroatoms. The van der Waals surface area contributed by atoms with Gasteiger partial charge >= 0.3 is 0 Å². The minimum absolute atomic E-state index is 0.0127. The van der Waals surface area contributed by atoms with E-state index in [0.29, 0.717) is 25.3 Å². The standard InChI is InChI=1S/C26H32N2O4/c1-31-17-16-28-25(30)22-9-5-4-8-21(22)23(26(28)14-6-3-7-15-26)24(29)27-18-19-10-12-20(32-2)13-11-19/h4-5,8-13,23H,3,6-7,14-18H2,1-2H3,(H,27,29)/t23-/m0/s1. The third-order valence-corrected chi connectivity index (χ3v) is 6.95. The summed E-state index contributed by atoms with van der Waals surface area (Å²) in [6.07, 6.45) is 4.83. The molecular formula is C26H32N2O4. The molecule has 1 heterocycles.